The minimum absolute atomic E-state index is 0.134. The molecule has 0 aromatic heterocycles. The number of methoxy groups -OCH3 is 1. The highest BCUT2D eigenvalue weighted by Crippen LogP contribution is 2.19. The van der Waals surface area contributed by atoms with Crippen molar-refractivity contribution in [2.75, 3.05) is 7.11 Å². The summed E-state index contributed by atoms with van der Waals surface area (Å²) in [5, 5.41) is 0. The van der Waals surface area contributed by atoms with Crippen molar-refractivity contribution >= 4 is 17.8 Å². The molecule has 0 aliphatic rings. The minimum atomic E-state index is -0.538. The topological polar surface area (TPSA) is 52.6 Å². The van der Waals surface area contributed by atoms with E-state index in [1.807, 2.05) is 25.1 Å². The Bertz CT molecular complexity index is 786. The number of aryl methyl sites for hydroxylation is 1. The zero-order chi connectivity index (χ0) is 17.5. The van der Waals surface area contributed by atoms with E-state index in [4.69, 9.17) is 9.47 Å². The number of esters is 1. The van der Waals surface area contributed by atoms with Crippen LogP contribution in [-0.2, 0) is 4.79 Å². The molecule has 4 heteroatoms. The van der Waals surface area contributed by atoms with Crippen LogP contribution in [0.2, 0.25) is 0 Å². The van der Waals surface area contributed by atoms with Crippen LogP contribution in [0, 0.1) is 6.92 Å². The smallest absolute Gasteiger partial charge is 0.335 e. The largest absolute Gasteiger partial charge is 0.496 e. The van der Waals surface area contributed by atoms with Gasteiger partial charge < -0.3 is 9.47 Å². The molecule has 2 rings (SSSR count). The van der Waals surface area contributed by atoms with Crippen molar-refractivity contribution in [3.05, 3.63) is 77.9 Å². The van der Waals surface area contributed by atoms with Gasteiger partial charge in [0.05, 0.1) is 7.11 Å². The van der Waals surface area contributed by atoms with Gasteiger partial charge in [-0.2, -0.15) is 0 Å². The predicted octanol–water partition coefficient (Wildman–Crippen LogP) is 3.99. The van der Waals surface area contributed by atoms with Gasteiger partial charge in [0.15, 0.2) is 5.78 Å². The fraction of sp³-hybridized carbons (Fsp3) is 0.100. The van der Waals surface area contributed by atoms with Crippen LogP contribution < -0.4 is 9.47 Å². The molecule has 0 bridgehead atoms. The van der Waals surface area contributed by atoms with Gasteiger partial charge in [0.25, 0.3) is 0 Å². The Kier molecular flexibility index (Phi) is 5.68. The van der Waals surface area contributed by atoms with Crippen LogP contribution >= 0.6 is 0 Å². The molecular weight excluding hydrogens is 304 g/mol. The number of benzene rings is 2. The number of hydrogen-bond donors (Lipinski definition) is 0. The molecule has 0 unspecified atom stereocenters. The Hall–Kier alpha value is -3.14. The van der Waals surface area contributed by atoms with Crippen molar-refractivity contribution in [2.45, 2.75) is 6.92 Å². The Morgan fingerprint density at radius 2 is 1.79 bits per heavy atom. The van der Waals surface area contributed by atoms with Crippen LogP contribution in [-0.4, -0.2) is 18.9 Å². The van der Waals surface area contributed by atoms with Crippen molar-refractivity contribution in [3.63, 3.8) is 0 Å². The van der Waals surface area contributed by atoms with Crippen molar-refractivity contribution < 1.29 is 19.1 Å². The fourth-order valence-electron chi connectivity index (χ4n) is 2.12. The molecule has 0 fully saturated rings. The summed E-state index contributed by atoms with van der Waals surface area (Å²) >= 11 is 0. The summed E-state index contributed by atoms with van der Waals surface area (Å²) in [6, 6.07) is 12.0. The fourth-order valence-corrected chi connectivity index (χ4v) is 2.12. The quantitative estimate of drug-likeness (QED) is 0.349. The molecular formula is C20H18O4. The van der Waals surface area contributed by atoms with Crippen LogP contribution in [0.25, 0.3) is 6.08 Å². The lowest BCUT2D eigenvalue weighted by Crippen LogP contribution is -2.03. The standard InChI is InChI=1S/C20H18O4/c1-4-20(22)24-17-9-7-16(8-10-17)18(21)11-5-15-6-12-19(23-3)14(2)13-15/h4-13H,1H2,2-3H3. The van der Waals surface area contributed by atoms with E-state index in [1.165, 1.54) is 6.08 Å². The minimum Gasteiger partial charge on any atom is -0.496 e. The lowest BCUT2D eigenvalue weighted by Gasteiger charge is -2.04. The molecule has 0 amide bonds. The molecule has 24 heavy (non-hydrogen) atoms. The van der Waals surface area contributed by atoms with Gasteiger partial charge in [-0.15, -0.1) is 0 Å². The van der Waals surface area contributed by atoms with Crippen LogP contribution in [0.4, 0.5) is 0 Å². The maximum Gasteiger partial charge on any atom is 0.335 e. The Morgan fingerprint density at radius 3 is 2.38 bits per heavy atom. The van der Waals surface area contributed by atoms with E-state index in [0.717, 1.165) is 23.0 Å². The van der Waals surface area contributed by atoms with Crippen LogP contribution in [0.1, 0.15) is 21.5 Å². The molecule has 0 radical (unpaired) electrons. The van der Waals surface area contributed by atoms with Gasteiger partial charge in [-0.25, -0.2) is 4.79 Å². The third-order valence-electron chi connectivity index (χ3n) is 3.37. The first-order valence-electron chi connectivity index (χ1n) is 7.35. The third kappa shape index (κ3) is 4.43. The monoisotopic (exact) mass is 322 g/mol. The molecule has 0 saturated heterocycles. The van der Waals surface area contributed by atoms with Gasteiger partial charge in [0.2, 0.25) is 0 Å². The number of rotatable bonds is 6. The second-order valence-corrected chi connectivity index (χ2v) is 5.08. The molecule has 2 aromatic rings. The van der Waals surface area contributed by atoms with Gasteiger partial charge in [0.1, 0.15) is 11.5 Å². The van der Waals surface area contributed by atoms with E-state index in [2.05, 4.69) is 6.58 Å². The highest BCUT2D eigenvalue weighted by atomic mass is 16.5. The van der Waals surface area contributed by atoms with Gasteiger partial charge in [0, 0.05) is 11.6 Å². The van der Waals surface area contributed by atoms with E-state index in [1.54, 1.807) is 37.5 Å². The Labute approximate surface area is 141 Å². The molecule has 4 nitrogen and oxygen atoms in total. The van der Waals surface area contributed by atoms with Crippen molar-refractivity contribution in [1.29, 1.82) is 0 Å². The molecule has 0 spiro atoms. The van der Waals surface area contributed by atoms with Crippen molar-refractivity contribution in [2.24, 2.45) is 0 Å². The summed E-state index contributed by atoms with van der Waals surface area (Å²) in [5.41, 5.74) is 2.42. The average molecular weight is 322 g/mol. The summed E-state index contributed by atoms with van der Waals surface area (Å²) in [6.45, 7) is 5.27. The van der Waals surface area contributed by atoms with E-state index in [0.29, 0.717) is 11.3 Å². The number of ether oxygens (including phenoxy) is 2. The van der Waals surface area contributed by atoms with Gasteiger partial charge >= 0.3 is 5.97 Å². The van der Waals surface area contributed by atoms with Crippen LogP contribution in [0.15, 0.2) is 61.2 Å². The zero-order valence-corrected chi connectivity index (χ0v) is 13.6. The lowest BCUT2D eigenvalue weighted by atomic mass is 10.1. The zero-order valence-electron chi connectivity index (χ0n) is 13.6. The summed E-state index contributed by atoms with van der Waals surface area (Å²) in [4.78, 5) is 23.3. The second kappa shape index (κ2) is 7.92. The Morgan fingerprint density at radius 1 is 1.08 bits per heavy atom. The lowest BCUT2D eigenvalue weighted by molar-refractivity contribution is -0.128. The first-order valence-corrected chi connectivity index (χ1v) is 7.35. The molecule has 0 N–H and O–H groups in total. The third-order valence-corrected chi connectivity index (χ3v) is 3.37. The second-order valence-electron chi connectivity index (χ2n) is 5.08. The van der Waals surface area contributed by atoms with Crippen molar-refractivity contribution in [3.8, 4) is 11.5 Å². The molecule has 0 aliphatic heterocycles. The number of carbonyl (C=O) groups is 2. The van der Waals surface area contributed by atoms with Gasteiger partial charge in [-0.3, -0.25) is 4.79 Å². The predicted molar refractivity (Wildman–Crippen MR) is 93.4 cm³/mol. The first kappa shape index (κ1) is 17.2. The first-order chi connectivity index (χ1) is 11.5. The van der Waals surface area contributed by atoms with E-state index in [-0.39, 0.29) is 5.78 Å². The average Bonchev–Trinajstić information content (AvgIpc) is 2.60. The van der Waals surface area contributed by atoms with E-state index < -0.39 is 5.97 Å². The molecule has 0 saturated carbocycles. The highest BCUT2D eigenvalue weighted by molar-refractivity contribution is 6.06. The van der Waals surface area contributed by atoms with Gasteiger partial charge in [-0.05, 0) is 60.5 Å². The molecule has 2 aromatic carbocycles. The SMILES string of the molecule is C=CC(=O)Oc1ccc(C(=O)C=Cc2ccc(OC)c(C)c2)cc1. The molecule has 0 aliphatic carbocycles. The normalized spacial score (nSPS) is 10.4. The summed E-state index contributed by atoms with van der Waals surface area (Å²) in [7, 11) is 1.62. The highest BCUT2D eigenvalue weighted by Gasteiger charge is 2.04. The molecule has 122 valence electrons. The maximum atomic E-state index is 12.2. The number of hydrogen-bond acceptors (Lipinski definition) is 4. The van der Waals surface area contributed by atoms with Crippen LogP contribution in [0.3, 0.4) is 0 Å². The Balaban J connectivity index is 2.07. The van der Waals surface area contributed by atoms with Crippen LogP contribution in [0.5, 0.6) is 11.5 Å². The molecule has 0 heterocycles. The van der Waals surface area contributed by atoms with Gasteiger partial charge in [-0.1, -0.05) is 18.7 Å². The van der Waals surface area contributed by atoms with E-state index in [9.17, 15) is 9.59 Å². The maximum absolute atomic E-state index is 12.2. The number of ketones is 1. The summed E-state index contributed by atoms with van der Waals surface area (Å²) in [6.07, 6.45) is 4.34. The summed E-state index contributed by atoms with van der Waals surface area (Å²) in [5.74, 6) is 0.503. The summed E-state index contributed by atoms with van der Waals surface area (Å²) < 4.78 is 10.2. The van der Waals surface area contributed by atoms with E-state index >= 15 is 0 Å². The van der Waals surface area contributed by atoms with Crippen molar-refractivity contribution in [1.82, 2.24) is 0 Å². The number of carbonyl (C=O) groups excluding carboxylic acids is 2. The molecule has 0 atom stereocenters. The number of allylic oxidation sites excluding steroid dienone is 1.